The molecule has 1 fully saturated rings. The van der Waals surface area contributed by atoms with Crippen molar-refractivity contribution in [3.63, 3.8) is 0 Å². The maximum Gasteiger partial charge on any atom is 0.184 e. The highest BCUT2D eigenvalue weighted by molar-refractivity contribution is 9.10. The molecule has 1 aromatic heterocycles. The van der Waals surface area contributed by atoms with E-state index in [4.69, 9.17) is 4.74 Å². The molecule has 132 valence electrons. The van der Waals surface area contributed by atoms with Gasteiger partial charge < -0.3 is 14.6 Å². The van der Waals surface area contributed by atoms with Crippen molar-refractivity contribution in [1.82, 2.24) is 9.88 Å². The summed E-state index contributed by atoms with van der Waals surface area (Å²) in [5, 5.41) is 1.18. The van der Waals surface area contributed by atoms with Crippen LogP contribution in [0.15, 0.2) is 57.9 Å². The molecular formula is C21H19BrN2O2. The molecule has 0 unspecified atom stereocenters. The summed E-state index contributed by atoms with van der Waals surface area (Å²) in [6.07, 6.45) is 7.55. The van der Waals surface area contributed by atoms with Gasteiger partial charge in [0.25, 0.3) is 0 Å². The van der Waals surface area contributed by atoms with E-state index in [1.807, 2.05) is 12.3 Å². The van der Waals surface area contributed by atoms with Crippen LogP contribution in [0.4, 0.5) is 0 Å². The normalized spacial score (nSPS) is 20.5. The number of nitrogens with zero attached hydrogens (tertiary/aromatic N) is 1. The zero-order valence-electron chi connectivity index (χ0n) is 14.3. The number of ether oxygens (including phenoxy) is 1. The Kier molecular flexibility index (Phi) is 3.87. The van der Waals surface area contributed by atoms with Crippen molar-refractivity contribution in [2.24, 2.45) is 0 Å². The van der Waals surface area contributed by atoms with Crippen LogP contribution in [-0.4, -0.2) is 42.0 Å². The Morgan fingerprint density at radius 3 is 2.85 bits per heavy atom. The van der Waals surface area contributed by atoms with E-state index in [1.165, 1.54) is 16.5 Å². The lowest BCUT2D eigenvalue weighted by molar-refractivity contribution is -0.111. The number of ketones is 1. The largest absolute Gasteiger partial charge is 0.378 e. The number of fused-ring (bicyclic) bond motifs is 1. The molecule has 0 saturated carbocycles. The maximum absolute atomic E-state index is 12.7. The number of rotatable bonds is 2. The zero-order valence-corrected chi connectivity index (χ0v) is 15.9. The molecule has 1 N–H and O–H groups in total. The van der Waals surface area contributed by atoms with Crippen LogP contribution in [-0.2, 0) is 9.53 Å². The average molecular weight is 411 g/mol. The van der Waals surface area contributed by atoms with Crippen LogP contribution in [0, 0.1) is 0 Å². The summed E-state index contributed by atoms with van der Waals surface area (Å²) in [7, 11) is 0. The van der Waals surface area contributed by atoms with E-state index in [0.29, 0.717) is 0 Å². The molecule has 0 spiro atoms. The molecule has 0 bridgehead atoms. The van der Waals surface area contributed by atoms with E-state index in [9.17, 15) is 4.79 Å². The van der Waals surface area contributed by atoms with E-state index in [2.05, 4.69) is 50.1 Å². The van der Waals surface area contributed by atoms with Gasteiger partial charge in [0.2, 0.25) is 0 Å². The molecule has 1 aliphatic heterocycles. The van der Waals surface area contributed by atoms with Crippen LogP contribution in [0.25, 0.3) is 16.5 Å². The second kappa shape index (κ2) is 6.25. The molecule has 2 heterocycles. The Bertz CT molecular complexity index is 1010. The number of nitrogens with one attached hydrogen (secondary N) is 1. The number of H-pyrrole nitrogens is 1. The lowest BCUT2D eigenvalue weighted by Crippen LogP contribution is -2.36. The number of hydrogen-bond donors (Lipinski definition) is 1. The molecule has 0 radical (unpaired) electrons. The van der Waals surface area contributed by atoms with Crippen molar-refractivity contribution in [2.75, 3.05) is 26.3 Å². The van der Waals surface area contributed by atoms with Gasteiger partial charge in [-0.3, -0.25) is 4.79 Å². The quantitative estimate of drug-likeness (QED) is 0.806. The van der Waals surface area contributed by atoms with Crippen molar-refractivity contribution < 1.29 is 9.53 Å². The number of hydrogen-bond acceptors (Lipinski definition) is 3. The van der Waals surface area contributed by atoms with Crippen molar-refractivity contribution in [1.29, 1.82) is 0 Å². The first kappa shape index (κ1) is 16.1. The van der Waals surface area contributed by atoms with Gasteiger partial charge in [0, 0.05) is 58.4 Å². The summed E-state index contributed by atoms with van der Waals surface area (Å²) in [5.74, 6) is 0.165. The summed E-state index contributed by atoms with van der Waals surface area (Å²) in [6.45, 7) is 3.19. The van der Waals surface area contributed by atoms with Gasteiger partial charge in [0.15, 0.2) is 5.78 Å². The topological polar surface area (TPSA) is 45.3 Å². The minimum absolute atomic E-state index is 0.165. The first-order chi connectivity index (χ1) is 12.7. The van der Waals surface area contributed by atoms with Crippen LogP contribution in [0.5, 0.6) is 0 Å². The standard InChI is InChI=1S/C21H19BrN2O2/c22-19-12-20-13(3-4-23-20)9-18(19)15-1-2-16-17(15)10-14(11-21(16)25)24-5-7-26-8-6-24/h1,3-4,9,11-12,23H,2,5-8,10H2. The highest BCUT2D eigenvalue weighted by atomic mass is 79.9. The predicted molar refractivity (Wildman–Crippen MR) is 106 cm³/mol. The fraction of sp³-hybridized carbons (Fsp3) is 0.286. The molecule has 5 rings (SSSR count). The number of morpholine rings is 1. The molecule has 26 heavy (non-hydrogen) atoms. The molecule has 3 aliphatic rings. The van der Waals surface area contributed by atoms with Gasteiger partial charge in [-0.2, -0.15) is 0 Å². The van der Waals surface area contributed by atoms with Crippen molar-refractivity contribution in [3.05, 3.63) is 63.4 Å². The summed E-state index contributed by atoms with van der Waals surface area (Å²) in [4.78, 5) is 18.3. The molecule has 0 atom stereocenters. The van der Waals surface area contributed by atoms with Gasteiger partial charge in [0.05, 0.1) is 13.2 Å². The van der Waals surface area contributed by atoms with E-state index < -0.39 is 0 Å². The minimum Gasteiger partial charge on any atom is -0.378 e. The number of halogens is 1. The van der Waals surface area contributed by atoms with Gasteiger partial charge in [-0.1, -0.05) is 22.0 Å². The number of carbonyl (C=O) groups excluding carboxylic acids is 1. The fourth-order valence-corrected chi connectivity index (χ4v) is 4.70. The predicted octanol–water partition coefficient (Wildman–Crippen LogP) is 4.20. The Labute approximate surface area is 160 Å². The highest BCUT2D eigenvalue weighted by Crippen LogP contribution is 2.43. The lowest BCUT2D eigenvalue weighted by Gasteiger charge is -2.33. The molecule has 5 heteroatoms. The van der Waals surface area contributed by atoms with Crippen molar-refractivity contribution in [2.45, 2.75) is 12.8 Å². The second-order valence-corrected chi connectivity index (χ2v) is 7.81. The lowest BCUT2D eigenvalue weighted by atomic mass is 9.89. The van der Waals surface area contributed by atoms with Crippen LogP contribution in [0.3, 0.4) is 0 Å². The van der Waals surface area contributed by atoms with Gasteiger partial charge in [-0.15, -0.1) is 0 Å². The first-order valence-corrected chi connectivity index (χ1v) is 9.77. The van der Waals surface area contributed by atoms with E-state index in [1.54, 1.807) is 0 Å². The van der Waals surface area contributed by atoms with Gasteiger partial charge in [-0.05, 0) is 41.3 Å². The fourth-order valence-electron chi connectivity index (χ4n) is 4.14. The summed E-state index contributed by atoms with van der Waals surface area (Å²) in [5.41, 5.74) is 6.75. The molecule has 2 aromatic rings. The van der Waals surface area contributed by atoms with Crippen LogP contribution in [0.2, 0.25) is 0 Å². The molecule has 4 nitrogen and oxygen atoms in total. The van der Waals surface area contributed by atoms with E-state index in [0.717, 1.165) is 66.0 Å². The highest BCUT2D eigenvalue weighted by Gasteiger charge is 2.30. The Morgan fingerprint density at radius 2 is 2.00 bits per heavy atom. The monoisotopic (exact) mass is 410 g/mol. The molecule has 1 saturated heterocycles. The van der Waals surface area contributed by atoms with Gasteiger partial charge in [-0.25, -0.2) is 0 Å². The summed E-state index contributed by atoms with van der Waals surface area (Å²) < 4.78 is 6.51. The van der Waals surface area contributed by atoms with Crippen LogP contribution >= 0.6 is 15.9 Å². The summed E-state index contributed by atoms with van der Waals surface area (Å²) >= 11 is 3.73. The third-order valence-corrected chi connectivity index (χ3v) is 6.16. The average Bonchev–Trinajstić information content (AvgIpc) is 3.28. The molecule has 1 aromatic carbocycles. The zero-order chi connectivity index (χ0) is 17.7. The molecule has 0 amide bonds. The summed E-state index contributed by atoms with van der Waals surface area (Å²) in [6, 6.07) is 6.41. The first-order valence-electron chi connectivity index (χ1n) is 8.98. The third kappa shape index (κ3) is 2.58. The Hall–Kier alpha value is -2.11. The molecule has 2 aliphatic carbocycles. The molecular weight excluding hydrogens is 392 g/mol. The van der Waals surface area contributed by atoms with E-state index >= 15 is 0 Å². The Morgan fingerprint density at radius 1 is 1.15 bits per heavy atom. The SMILES string of the molecule is O=C1C=C(N2CCOCC2)CC2=C1CC=C2c1cc2cc[nH]c2cc1Br. The number of carbonyl (C=O) groups is 1. The second-order valence-electron chi connectivity index (χ2n) is 6.95. The van der Waals surface area contributed by atoms with Crippen LogP contribution in [0.1, 0.15) is 18.4 Å². The number of aromatic amines is 1. The number of benzene rings is 1. The number of allylic oxidation sites excluding steroid dienone is 5. The van der Waals surface area contributed by atoms with Gasteiger partial charge in [0.1, 0.15) is 0 Å². The maximum atomic E-state index is 12.7. The van der Waals surface area contributed by atoms with Crippen molar-refractivity contribution in [3.8, 4) is 0 Å². The number of aromatic nitrogens is 1. The smallest absolute Gasteiger partial charge is 0.184 e. The van der Waals surface area contributed by atoms with E-state index in [-0.39, 0.29) is 5.78 Å². The van der Waals surface area contributed by atoms with Crippen molar-refractivity contribution >= 4 is 38.2 Å². The third-order valence-electron chi connectivity index (χ3n) is 5.50. The van der Waals surface area contributed by atoms with Crippen LogP contribution < -0.4 is 0 Å². The van der Waals surface area contributed by atoms with Gasteiger partial charge >= 0.3 is 0 Å². The Balaban J connectivity index is 1.51. The minimum atomic E-state index is 0.165.